The van der Waals surface area contributed by atoms with Crippen LogP contribution in [0.5, 0.6) is 0 Å². The number of carbonyl (C=O) groups is 2. The number of benzene rings is 1. The largest absolute Gasteiger partial charge is 0.370 e. The number of hydrogen-bond donors (Lipinski definition) is 3. The molecular weight excluding hydrogens is 278 g/mol. The molecule has 0 aliphatic carbocycles. The van der Waals surface area contributed by atoms with Crippen molar-refractivity contribution < 1.29 is 9.59 Å². The first-order valence-electron chi connectivity index (χ1n) is 6.54. The highest BCUT2D eigenvalue weighted by Crippen LogP contribution is 2.12. The van der Waals surface area contributed by atoms with Gasteiger partial charge in [0.2, 0.25) is 5.91 Å². The van der Waals surface area contributed by atoms with Crippen molar-refractivity contribution >= 4 is 23.5 Å². The van der Waals surface area contributed by atoms with Crippen LogP contribution in [0.2, 0.25) is 5.02 Å². The summed E-state index contributed by atoms with van der Waals surface area (Å²) in [6.07, 6.45) is 1.53. The predicted molar refractivity (Wildman–Crippen MR) is 79.6 cm³/mol. The van der Waals surface area contributed by atoms with Crippen LogP contribution in [0, 0.1) is 0 Å². The van der Waals surface area contributed by atoms with Crippen LogP contribution < -0.4 is 16.4 Å². The van der Waals surface area contributed by atoms with E-state index in [2.05, 4.69) is 10.6 Å². The molecule has 1 aromatic rings. The molecule has 5 nitrogen and oxygen atoms in total. The second-order valence-electron chi connectivity index (χ2n) is 4.71. The number of nitrogens with two attached hydrogens (primary N) is 1. The van der Waals surface area contributed by atoms with Gasteiger partial charge in [-0.2, -0.15) is 0 Å². The van der Waals surface area contributed by atoms with E-state index in [-0.39, 0.29) is 24.4 Å². The van der Waals surface area contributed by atoms with Gasteiger partial charge in [0.1, 0.15) is 0 Å². The number of rotatable bonds is 7. The predicted octanol–water partition coefficient (Wildman–Crippen LogP) is 1.84. The normalized spacial score (nSPS) is 11.7. The third-order valence-corrected chi connectivity index (χ3v) is 2.93. The van der Waals surface area contributed by atoms with Crippen molar-refractivity contribution in [2.24, 2.45) is 5.73 Å². The third kappa shape index (κ3) is 6.99. The van der Waals surface area contributed by atoms with Crippen LogP contribution in [0.3, 0.4) is 0 Å². The van der Waals surface area contributed by atoms with Crippen LogP contribution in [0.1, 0.15) is 25.3 Å². The summed E-state index contributed by atoms with van der Waals surface area (Å²) < 4.78 is 0. The highest BCUT2D eigenvalue weighted by atomic mass is 35.5. The van der Waals surface area contributed by atoms with E-state index in [1.807, 2.05) is 31.2 Å². The molecule has 0 saturated heterocycles. The van der Waals surface area contributed by atoms with E-state index in [1.54, 1.807) is 0 Å². The molecule has 0 aliphatic rings. The monoisotopic (exact) mass is 297 g/mol. The first-order chi connectivity index (χ1) is 9.47. The molecule has 0 saturated carbocycles. The van der Waals surface area contributed by atoms with Crippen LogP contribution in [0.4, 0.5) is 4.79 Å². The molecule has 0 spiro atoms. The van der Waals surface area contributed by atoms with Crippen molar-refractivity contribution in [1.82, 2.24) is 10.6 Å². The van der Waals surface area contributed by atoms with E-state index < -0.39 is 0 Å². The SMILES string of the molecule is C[C@@H](Cc1cccc(Cl)c1)NC(=O)NCCCC(N)=O. The summed E-state index contributed by atoms with van der Waals surface area (Å²) in [7, 11) is 0. The Hall–Kier alpha value is -1.75. The average Bonchev–Trinajstić information content (AvgIpc) is 2.34. The summed E-state index contributed by atoms with van der Waals surface area (Å²) in [4.78, 5) is 22.1. The van der Waals surface area contributed by atoms with Gasteiger partial charge in [0, 0.05) is 24.0 Å². The number of carbonyl (C=O) groups excluding carboxylic acids is 2. The van der Waals surface area contributed by atoms with Gasteiger partial charge in [0.05, 0.1) is 0 Å². The lowest BCUT2D eigenvalue weighted by Gasteiger charge is -2.14. The van der Waals surface area contributed by atoms with Crippen molar-refractivity contribution in [3.63, 3.8) is 0 Å². The number of nitrogens with one attached hydrogen (secondary N) is 2. The quantitative estimate of drug-likeness (QED) is 0.671. The minimum Gasteiger partial charge on any atom is -0.370 e. The van der Waals surface area contributed by atoms with Crippen LogP contribution >= 0.6 is 11.6 Å². The molecule has 1 aromatic carbocycles. The second kappa shape index (κ2) is 8.43. The lowest BCUT2D eigenvalue weighted by Crippen LogP contribution is -2.42. The van der Waals surface area contributed by atoms with Gasteiger partial charge in [-0.1, -0.05) is 23.7 Å². The summed E-state index contributed by atoms with van der Waals surface area (Å²) in [6, 6.07) is 7.29. The van der Waals surface area contributed by atoms with Crippen LogP contribution in [0.15, 0.2) is 24.3 Å². The molecule has 6 heteroatoms. The lowest BCUT2D eigenvalue weighted by molar-refractivity contribution is -0.118. The molecule has 0 radical (unpaired) electrons. The van der Waals surface area contributed by atoms with Crippen LogP contribution in [-0.4, -0.2) is 24.5 Å². The summed E-state index contributed by atoms with van der Waals surface area (Å²) in [5.41, 5.74) is 6.08. The Morgan fingerprint density at radius 3 is 2.80 bits per heavy atom. The first-order valence-corrected chi connectivity index (χ1v) is 6.92. The Labute approximate surface area is 123 Å². The topological polar surface area (TPSA) is 84.2 Å². The highest BCUT2D eigenvalue weighted by Gasteiger charge is 2.08. The zero-order chi connectivity index (χ0) is 15.0. The summed E-state index contributed by atoms with van der Waals surface area (Å²) in [5, 5.41) is 6.19. The highest BCUT2D eigenvalue weighted by molar-refractivity contribution is 6.30. The van der Waals surface area contributed by atoms with Crippen molar-refractivity contribution in [3.8, 4) is 0 Å². The van der Waals surface area contributed by atoms with Gasteiger partial charge in [-0.15, -0.1) is 0 Å². The Morgan fingerprint density at radius 1 is 1.40 bits per heavy atom. The molecule has 0 heterocycles. The minimum absolute atomic E-state index is 0.00962. The molecule has 110 valence electrons. The third-order valence-electron chi connectivity index (χ3n) is 2.69. The molecule has 3 amide bonds. The lowest BCUT2D eigenvalue weighted by atomic mass is 10.1. The summed E-state index contributed by atoms with van der Waals surface area (Å²) in [5.74, 6) is -0.360. The first kappa shape index (κ1) is 16.3. The fourth-order valence-electron chi connectivity index (χ4n) is 1.81. The summed E-state index contributed by atoms with van der Waals surface area (Å²) >= 11 is 5.91. The molecule has 0 bridgehead atoms. The zero-order valence-electron chi connectivity index (χ0n) is 11.5. The van der Waals surface area contributed by atoms with E-state index in [1.165, 1.54) is 0 Å². The van der Waals surface area contributed by atoms with Gasteiger partial charge < -0.3 is 16.4 Å². The average molecular weight is 298 g/mol. The Bertz CT molecular complexity index is 465. The Balaban J connectivity index is 2.26. The zero-order valence-corrected chi connectivity index (χ0v) is 12.2. The maximum absolute atomic E-state index is 11.6. The van der Waals surface area contributed by atoms with Crippen LogP contribution in [-0.2, 0) is 11.2 Å². The maximum Gasteiger partial charge on any atom is 0.315 e. The smallest absolute Gasteiger partial charge is 0.315 e. The van der Waals surface area contributed by atoms with Crippen molar-refractivity contribution in [2.45, 2.75) is 32.2 Å². The molecule has 4 N–H and O–H groups in total. The number of hydrogen-bond acceptors (Lipinski definition) is 2. The van der Waals surface area contributed by atoms with Gasteiger partial charge in [-0.3, -0.25) is 4.79 Å². The molecular formula is C14H20ClN3O2. The molecule has 0 aromatic heterocycles. The van der Waals surface area contributed by atoms with Gasteiger partial charge in [0.15, 0.2) is 0 Å². The van der Waals surface area contributed by atoms with E-state index in [4.69, 9.17) is 17.3 Å². The van der Waals surface area contributed by atoms with E-state index >= 15 is 0 Å². The Morgan fingerprint density at radius 2 is 2.15 bits per heavy atom. The minimum atomic E-state index is -0.360. The molecule has 0 fully saturated rings. The van der Waals surface area contributed by atoms with Crippen molar-refractivity contribution in [2.75, 3.05) is 6.54 Å². The van der Waals surface area contributed by atoms with Gasteiger partial charge in [0.25, 0.3) is 0 Å². The molecule has 0 aliphatic heterocycles. The van der Waals surface area contributed by atoms with Gasteiger partial charge in [-0.05, 0) is 37.5 Å². The summed E-state index contributed by atoms with van der Waals surface area (Å²) in [6.45, 7) is 2.35. The Kier molecular flexibility index (Phi) is 6.87. The number of halogens is 1. The van der Waals surface area contributed by atoms with Crippen LogP contribution in [0.25, 0.3) is 0 Å². The fourth-order valence-corrected chi connectivity index (χ4v) is 2.02. The van der Waals surface area contributed by atoms with Crippen molar-refractivity contribution in [1.29, 1.82) is 0 Å². The second-order valence-corrected chi connectivity index (χ2v) is 5.14. The van der Waals surface area contributed by atoms with E-state index in [9.17, 15) is 9.59 Å². The van der Waals surface area contributed by atoms with E-state index in [0.717, 1.165) is 5.56 Å². The van der Waals surface area contributed by atoms with E-state index in [0.29, 0.717) is 24.4 Å². The molecule has 20 heavy (non-hydrogen) atoms. The molecule has 0 unspecified atom stereocenters. The molecule has 1 rings (SSSR count). The van der Waals surface area contributed by atoms with Gasteiger partial charge in [-0.25, -0.2) is 4.79 Å². The number of amides is 3. The van der Waals surface area contributed by atoms with Gasteiger partial charge >= 0.3 is 6.03 Å². The fraction of sp³-hybridized carbons (Fsp3) is 0.429. The molecule has 1 atom stereocenters. The van der Waals surface area contributed by atoms with Crippen molar-refractivity contribution in [3.05, 3.63) is 34.9 Å². The number of urea groups is 1. The standard InChI is InChI=1S/C14H20ClN3O2/c1-10(8-11-4-2-5-12(15)9-11)18-14(20)17-7-3-6-13(16)19/h2,4-5,9-10H,3,6-8H2,1H3,(H2,16,19)(H2,17,18,20)/t10-/m0/s1. The number of primary amides is 1. The maximum atomic E-state index is 11.6.